The number of phenols is 1. The zero-order chi connectivity index (χ0) is 11.4. The number of hydrogen-bond acceptors (Lipinski definition) is 2. The maximum absolute atomic E-state index is 11.6. The standard InChI is InChI=1S/C13H15NO2/c1-7-3-4-10(15)12-9(7)5-8-6-11(16)14(2)13(8)12/h3-4,8,13,15H,5-6H2,1-2H3. The minimum atomic E-state index is 0.0994. The largest absolute Gasteiger partial charge is 0.508 e. The molecule has 0 spiro atoms. The number of fused-ring (bicyclic) bond motifs is 3. The van der Waals surface area contributed by atoms with E-state index in [0.29, 0.717) is 18.1 Å². The van der Waals surface area contributed by atoms with Crippen LogP contribution in [0.3, 0.4) is 0 Å². The number of aromatic hydroxyl groups is 1. The molecule has 0 saturated carbocycles. The molecule has 0 bridgehead atoms. The molecular formula is C13H15NO2. The number of hydrogen-bond donors (Lipinski definition) is 1. The van der Waals surface area contributed by atoms with Gasteiger partial charge < -0.3 is 10.0 Å². The Morgan fingerprint density at radius 2 is 2.12 bits per heavy atom. The van der Waals surface area contributed by atoms with E-state index in [9.17, 15) is 9.90 Å². The predicted molar refractivity (Wildman–Crippen MR) is 60.2 cm³/mol. The molecule has 3 heteroatoms. The van der Waals surface area contributed by atoms with Gasteiger partial charge in [0.15, 0.2) is 0 Å². The van der Waals surface area contributed by atoms with Gasteiger partial charge in [-0.25, -0.2) is 0 Å². The van der Waals surface area contributed by atoms with Gasteiger partial charge in [0, 0.05) is 19.0 Å². The van der Waals surface area contributed by atoms with Gasteiger partial charge in [0.25, 0.3) is 0 Å². The van der Waals surface area contributed by atoms with E-state index in [-0.39, 0.29) is 11.9 Å². The molecule has 1 heterocycles. The summed E-state index contributed by atoms with van der Waals surface area (Å²) in [6, 6.07) is 3.80. The Labute approximate surface area is 94.7 Å². The van der Waals surface area contributed by atoms with E-state index in [1.165, 1.54) is 11.1 Å². The lowest BCUT2D eigenvalue weighted by Gasteiger charge is -2.21. The maximum Gasteiger partial charge on any atom is 0.223 e. The van der Waals surface area contributed by atoms with E-state index in [1.807, 2.05) is 13.1 Å². The highest BCUT2D eigenvalue weighted by atomic mass is 16.3. The molecule has 1 aliphatic heterocycles. The summed E-state index contributed by atoms with van der Waals surface area (Å²) in [7, 11) is 1.84. The van der Waals surface area contributed by atoms with E-state index in [4.69, 9.17) is 0 Å². The van der Waals surface area contributed by atoms with E-state index in [0.717, 1.165) is 12.0 Å². The summed E-state index contributed by atoms with van der Waals surface area (Å²) in [5.41, 5.74) is 3.45. The lowest BCUT2D eigenvalue weighted by molar-refractivity contribution is -0.127. The fraction of sp³-hybridized carbons (Fsp3) is 0.462. The molecule has 2 unspecified atom stereocenters. The van der Waals surface area contributed by atoms with Crippen molar-refractivity contribution < 1.29 is 9.90 Å². The lowest BCUT2D eigenvalue weighted by atomic mass is 10.0. The first kappa shape index (κ1) is 9.70. The third kappa shape index (κ3) is 1.06. The van der Waals surface area contributed by atoms with Gasteiger partial charge in [-0.05, 0) is 36.5 Å². The maximum atomic E-state index is 11.6. The average Bonchev–Trinajstić information content (AvgIpc) is 2.73. The van der Waals surface area contributed by atoms with Gasteiger partial charge >= 0.3 is 0 Å². The molecule has 1 fully saturated rings. The first-order valence-corrected chi connectivity index (χ1v) is 5.66. The summed E-state index contributed by atoms with van der Waals surface area (Å²) >= 11 is 0. The molecule has 1 N–H and O–H groups in total. The molecule has 0 aromatic heterocycles. The Kier molecular flexibility index (Phi) is 1.82. The molecule has 0 radical (unpaired) electrons. The summed E-state index contributed by atoms with van der Waals surface area (Å²) in [6.45, 7) is 2.07. The number of phenolic OH excluding ortho intramolecular Hbond substituents is 1. The second-order valence-electron chi connectivity index (χ2n) is 4.91. The van der Waals surface area contributed by atoms with Crippen LogP contribution in [-0.4, -0.2) is 23.0 Å². The predicted octanol–water partition coefficient (Wildman–Crippen LogP) is 1.78. The smallest absolute Gasteiger partial charge is 0.223 e. The van der Waals surface area contributed by atoms with Crippen molar-refractivity contribution in [1.29, 1.82) is 0 Å². The second-order valence-corrected chi connectivity index (χ2v) is 4.91. The van der Waals surface area contributed by atoms with Gasteiger partial charge in [0.1, 0.15) is 5.75 Å². The molecule has 1 aliphatic carbocycles. The molecule has 2 aliphatic rings. The quantitative estimate of drug-likeness (QED) is 0.719. The summed E-state index contributed by atoms with van der Waals surface area (Å²) in [4.78, 5) is 13.4. The second kappa shape index (κ2) is 3.00. The van der Waals surface area contributed by atoms with Crippen LogP contribution in [0.2, 0.25) is 0 Å². The fourth-order valence-electron chi connectivity index (χ4n) is 3.19. The van der Waals surface area contributed by atoms with Crippen molar-refractivity contribution in [1.82, 2.24) is 4.90 Å². The molecule has 84 valence electrons. The van der Waals surface area contributed by atoms with Crippen molar-refractivity contribution in [3.05, 3.63) is 28.8 Å². The summed E-state index contributed by atoms with van der Waals surface area (Å²) in [5, 5.41) is 9.97. The fourth-order valence-corrected chi connectivity index (χ4v) is 3.19. The van der Waals surface area contributed by atoms with Crippen LogP contribution in [0.5, 0.6) is 5.75 Å². The highest BCUT2D eigenvalue weighted by Crippen LogP contribution is 2.50. The number of carbonyl (C=O) groups is 1. The van der Waals surface area contributed by atoms with Crippen molar-refractivity contribution in [2.24, 2.45) is 5.92 Å². The van der Waals surface area contributed by atoms with Crippen LogP contribution < -0.4 is 0 Å². The van der Waals surface area contributed by atoms with Crippen LogP contribution in [0, 0.1) is 12.8 Å². The summed E-state index contributed by atoms with van der Waals surface area (Å²) in [5.74, 6) is 0.899. The Morgan fingerprint density at radius 3 is 2.88 bits per heavy atom. The van der Waals surface area contributed by atoms with Crippen molar-refractivity contribution in [3.63, 3.8) is 0 Å². The van der Waals surface area contributed by atoms with Crippen molar-refractivity contribution in [3.8, 4) is 5.75 Å². The Hall–Kier alpha value is -1.51. The Morgan fingerprint density at radius 1 is 1.38 bits per heavy atom. The number of aryl methyl sites for hydroxylation is 1. The molecule has 1 amide bonds. The van der Waals surface area contributed by atoms with Gasteiger partial charge in [-0.1, -0.05) is 6.07 Å². The lowest BCUT2D eigenvalue weighted by Crippen LogP contribution is -2.22. The van der Waals surface area contributed by atoms with Crippen LogP contribution in [0.1, 0.15) is 29.2 Å². The minimum Gasteiger partial charge on any atom is -0.508 e. The monoisotopic (exact) mass is 217 g/mol. The number of carbonyl (C=O) groups excluding carboxylic acids is 1. The van der Waals surface area contributed by atoms with Crippen LogP contribution in [0.15, 0.2) is 12.1 Å². The van der Waals surface area contributed by atoms with E-state index in [1.54, 1.807) is 11.0 Å². The zero-order valence-corrected chi connectivity index (χ0v) is 9.53. The van der Waals surface area contributed by atoms with Gasteiger partial charge in [0.2, 0.25) is 5.91 Å². The van der Waals surface area contributed by atoms with Gasteiger partial charge in [-0.3, -0.25) is 4.79 Å². The number of amides is 1. The SMILES string of the molecule is Cc1ccc(O)c2c1CC1CC(=O)N(C)C21. The van der Waals surface area contributed by atoms with Crippen molar-refractivity contribution >= 4 is 5.91 Å². The van der Waals surface area contributed by atoms with Crippen LogP contribution in [0.25, 0.3) is 0 Å². The number of benzene rings is 1. The molecule has 2 atom stereocenters. The van der Waals surface area contributed by atoms with Crippen LogP contribution >= 0.6 is 0 Å². The van der Waals surface area contributed by atoms with Crippen LogP contribution in [-0.2, 0) is 11.2 Å². The highest BCUT2D eigenvalue weighted by Gasteiger charge is 2.45. The minimum absolute atomic E-state index is 0.0994. The van der Waals surface area contributed by atoms with Gasteiger partial charge in [-0.15, -0.1) is 0 Å². The molecule has 16 heavy (non-hydrogen) atoms. The molecule has 1 aromatic rings. The van der Waals surface area contributed by atoms with Gasteiger partial charge in [-0.2, -0.15) is 0 Å². The number of nitrogens with zero attached hydrogens (tertiary/aromatic N) is 1. The Bertz CT molecular complexity index is 481. The van der Waals surface area contributed by atoms with Crippen molar-refractivity contribution in [2.75, 3.05) is 7.05 Å². The third-order valence-electron chi connectivity index (χ3n) is 4.02. The van der Waals surface area contributed by atoms with E-state index >= 15 is 0 Å². The molecule has 1 aromatic carbocycles. The molecular weight excluding hydrogens is 202 g/mol. The van der Waals surface area contributed by atoms with Crippen LogP contribution in [0.4, 0.5) is 0 Å². The molecule has 3 rings (SSSR count). The van der Waals surface area contributed by atoms with Gasteiger partial charge in [0.05, 0.1) is 6.04 Å². The Balaban J connectivity index is 2.17. The average molecular weight is 217 g/mol. The number of likely N-dealkylation sites (tertiary alicyclic amines) is 1. The third-order valence-corrected chi connectivity index (χ3v) is 4.02. The number of rotatable bonds is 0. The van der Waals surface area contributed by atoms with E-state index < -0.39 is 0 Å². The zero-order valence-electron chi connectivity index (χ0n) is 9.53. The first-order valence-electron chi connectivity index (χ1n) is 5.66. The molecule has 1 saturated heterocycles. The first-order chi connectivity index (χ1) is 7.59. The molecule has 3 nitrogen and oxygen atoms in total. The highest BCUT2D eigenvalue weighted by molar-refractivity contribution is 5.80. The topological polar surface area (TPSA) is 40.5 Å². The van der Waals surface area contributed by atoms with E-state index in [2.05, 4.69) is 6.92 Å². The summed E-state index contributed by atoms with van der Waals surface area (Å²) in [6.07, 6.45) is 1.55. The normalized spacial score (nSPS) is 27.1. The van der Waals surface area contributed by atoms with Crippen molar-refractivity contribution in [2.45, 2.75) is 25.8 Å². The summed E-state index contributed by atoms with van der Waals surface area (Å²) < 4.78 is 0.